The monoisotopic (exact) mass is 403 g/mol. The molecule has 1 fully saturated rings. The summed E-state index contributed by atoms with van der Waals surface area (Å²) in [6, 6.07) is 2.91. The molecule has 28 heavy (non-hydrogen) atoms. The number of carbonyl (C=O) groups is 1. The molecule has 3 aliphatic heterocycles. The van der Waals surface area contributed by atoms with E-state index in [2.05, 4.69) is 20.4 Å². The van der Waals surface area contributed by atoms with Gasteiger partial charge >= 0.3 is 0 Å². The number of amides is 1. The minimum Gasteiger partial charge on any atom is -0.380 e. The number of rotatable bonds is 2. The van der Waals surface area contributed by atoms with Crippen LogP contribution in [0.15, 0.2) is 22.7 Å². The fourth-order valence-electron chi connectivity index (χ4n) is 4.27. The van der Waals surface area contributed by atoms with Gasteiger partial charge in [0.05, 0.1) is 28.2 Å². The van der Waals surface area contributed by atoms with Gasteiger partial charge in [0.15, 0.2) is 0 Å². The minimum absolute atomic E-state index is 0.0230. The molecule has 1 N–H and O–H groups in total. The van der Waals surface area contributed by atoms with Crippen LogP contribution >= 0.6 is 11.6 Å². The number of aryl methyl sites for hydroxylation is 1. The molecule has 3 atom stereocenters. The van der Waals surface area contributed by atoms with Crippen LogP contribution in [0, 0.1) is 5.95 Å². The van der Waals surface area contributed by atoms with E-state index in [1.54, 1.807) is 0 Å². The third kappa shape index (κ3) is 3.05. The number of aromatic nitrogens is 3. The maximum Gasteiger partial charge on any atom is 0.255 e. The Labute approximate surface area is 166 Å². The van der Waals surface area contributed by atoms with E-state index in [9.17, 15) is 9.18 Å². The van der Waals surface area contributed by atoms with Crippen molar-refractivity contribution in [1.29, 1.82) is 0 Å². The predicted molar refractivity (Wildman–Crippen MR) is 99.2 cm³/mol. The number of hydrogen-bond donors (Lipinski definition) is 1. The van der Waals surface area contributed by atoms with Crippen molar-refractivity contribution in [3.63, 3.8) is 0 Å². The van der Waals surface area contributed by atoms with Crippen LogP contribution in [0.5, 0.6) is 0 Å². The van der Waals surface area contributed by atoms with Crippen LogP contribution in [0.3, 0.4) is 0 Å². The minimum atomic E-state index is -0.545. The average molecular weight is 404 g/mol. The summed E-state index contributed by atoms with van der Waals surface area (Å²) in [5.74, 6) is 0.359. The average Bonchev–Trinajstić information content (AvgIpc) is 3.32. The summed E-state index contributed by atoms with van der Waals surface area (Å²) in [6.45, 7) is 1.15. The highest BCUT2D eigenvalue weighted by Gasteiger charge is 2.38. The Morgan fingerprint density at radius 2 is 2.14 bits per heavy atom. The van der Waals surface area contributed by atoms with E-state index in [0.29, 0.717) is 42.5 Å². The molecule has 5 rings (SSSR count). The van der Waals surface area contributed by atoms with Crippen LogP contribution in [-0.4, -0.2) is 50.4 Å². The molecule has 0 radical (unpaired) electrons. The van der Waals surface area contributed by atoms with Gasteiger partial charge in [-0.15, -0.1) is 11.6 Å². The first-order valence-electron chi connectivity index (χ1n) is 9.48. The number of piperidine rings is 1. The van der Waals surface area contributed by atoms with Gasteiger partial charge in [0.2, 0.25) is 17.7 Å². The maximum atomic E-state index is 13.5. The van der Waals surface area contributed by atoms with Crippen LogP contribution in [0.25, 0.3) is 5.70 Å². The highest BCUT2D eigenvalue weighted by molar-refractivity contribution is 6.22. The zero-order valence-corrected chi connectivity index (χ0v) is 15.8. The Bertz CT molecular complexity index is 962. The summed E-state index contributed by atoms with van der Waals surface area (Å²) in [5.41, 5.74) is 1.81. The van der Waals surface area contributed by atoms with E-state index in [-0.39, 0.29) is 23.2 Å². The molecular weight excluding hydrogens is 385 g/mol. The second-order valence-electron chi connectivity index (χ2n) is 7.49. The molecule has 1 saturated heterocycles. The molecule has 1 amide bonds. The Kier molecular flexibility index (Phi) is 4.30. The molecule has 0 saturated carbocycles. The van der Waals surface area contributed by atoms with Crippen molar-refractivity contribution in [2.45, 2.75) is 43.0 Å². The zero-order valence-electron chi connectivity index (χ0n) is 15.1. The standard InChI is InChI=1S/C19H19ClFN5O2/c20-11-7-15(22-8-11)17-24-18(28-25-17)10-1-2-12-3-5-14-13(4-6-16(21)23-14)19(27)26(12)9-10/h4,6-7,10-12,22H,1-3,5,8-9H2/t10-,11?,12-/m1/s1. The Hall–Kier alpha value is -2.48. The number of alkyl halides is 1. The summed E-state index contributed by atoms with van der Waals surface area (Å²) < 4.78 is 19.0. The van der Waals surface area contributed by atoms with Gasteiger partial charge in [-0.1, -0.05) is 5.16 Å². The molecule has 0 bridgehead atoms. The number of halogens is 2. The Balaban J connectivity index is 1.38. The fraction of sp³-hybridized carbons (Fsp3) is 0.474. The van der Waals surface area contributed by atoms with Gasteiger partial charge in [-0.25, -0.2) is 4.98 Å². The smallest absolute Gasteiger partial charge is 0.255 e. The van der Waals surface area contributed by atoms with Crippen molar-refractivity contribution in [3.05, 3.63) is 47.1 Å². The lowest BCUT2D eigenvalue weighted by Gasteiger charge is -2.37. The SMILES string of the molecule is O=C1c2ccc(F)nc2CC[C@H]2CC[C@@H](c3nc(C4=CC(Cl)CN4)no3)CN12. The maximum absolute atomic E-state index is 13.5. The summed E-state index contributed by atoms with van der Waals surface area (Å²) in [5, 5.41) is 7.14. The molecule has 2 aromatic rings. The number of nitrogens with one attached hydrogen (secondary N) is 1. The van der Waals surface area contributed by atoms with Gasteiger partial charge < -0.3 is 14.7 Å². The molecule has 1 unspecified atom stereocenters. The highest BCUT2D eigenvalue weighted by Crippen LogP contribution is 2.34. The molecule has 2 aromatic heterocycles. The molecule has 0 aromatic carbocycles. The summed E-state index contributed by atoms with van der Waals surface area (Å²) in [4.78, 5) is 23.4. The van der Waals surface area contributed by atoms with E-state index >= 15 is 0 Å². The van der Waals surface area contributed by atoms with E-state index in [4.69, 9.17) is 16.1 Å². The predicted octanol–water partition coefficient (Wildman–Crippen LogP) is 2.49. The molecule has 5 heterocycles. The van der Waals surface area contributed by atoms with Crippen molar-refractivity contribution < 1.29 is 13.7 Å². The molecule has 0 aliphatic carbocycles. The van der Waals surface area contributed by atoms with E-state index in [0.717, 1.165) is 25.0 Å². The van der Waals surface area contributed by atoms with Gasteiger partial charge in [-0.3, -0.25) is 4.79 Å². The first-order chi connectivity index (χ1) is 13.6. The number of pyridine rings is 1. The van der Waals surface area contributed by atoms with Gasteiger partial charge in [0, 0.05) is 19.1 Å². The third-order valence-electron chi connectivity index (χ3n) is 5.72. The molecule has 146 valence electrons. The number of hydrogen-bond acceptors (Lipinski definition) is 6. The lowest BCUT2D eigenvalue weighted by atomic mass is 9.91. The molecule has 0 spiro atoms. The van der Waals surface area contributed by atoms with Crippen LogP contribution in [0.2, 0.25) is 0 Å². The first kappa shape index (κ1) is 17.6. The van der Waals surface area contributed by atoms with Gasteiger partial charge in [-0.05, 0) is 43.9 Å². The largest absolute Gasteiger partial charge is 0.380 e. The normalized spacial score (nSPS) is 26.9. The quantitative estimate of drug-likeness (QED) is 0.612. The first-order valence-corrected chi connectivity index (χ1v) is 9.92. The van der Waals surface area contributed by atoms with E-state index in [1.807, 2.05) is 11.0 Å². The zero-order chi connectivity index (χ0) is 19.3. The lowest BCUT2D eigenvalue weighted by Crippen LogP contribution is -2.45. The van der Waals surface area contributed by atoms with Crippen molar-refractivity contribution in [1.82, 2.24) is 25.3 Å². The second-order valence-corrected chi connectivity index (χ2v) is 8.05. The number of nitrogens with zero attached hydrogens (tertiary/aromatic N) is 4. The van der Waals surface area contributed by atoms with Crippen molar-refractivity contribution >= 4 is 23.2 Å². The summed E-state index contributed by atoms with van der Waals surface area (Å²) >= 11 is 6.07. The van der Waals surface area contributed by atoms with Crippen molar-refractivity contribution in [2.24, 2.45) is 0 Å². The number of fused-ring (bicyclic) bond motifs is 2. The molecular formula is C19H19ClFN5O2. The fourth-order valence-corrected chi connectivity index (χ4v) is 4.47. The van der Waals surface area contributed by atoms with Crippen molar-refractivity contribution in [2.75, 3.05) is 13.1 Å². The van der Waals surface area contributed by atoms with Crippen LogP contribution in [-0.2, 0) is 6.42 Å². The van der Waals surface area contributed by atoms with Gasteiger partial charge in [0.1, 0.15) is 0 Å². The Morgan fingerprint density at radius 3 is 2.96 bits per heavy atom. The van der Waals surface area contributed by atoms with Crippen LogP contribution < -0.4 is 5.32 Å². The topological polar surface area (TPSA) is 84.2 Å². The van der Waals surface area contributed by atoms with E-state index < -0.39 is 5.95 Å². The summed E-state index contributed by atoms with van der Waals surface area (Å²) in [6.07, 6.45) is 4.96. The second kappa shape index (κ2) is 6.84. The third-order valence-corrected chi connectivity index (χ3v) is 6.00. The molecule has 9 heteroatoms. The highest BCUT2D eigenvalue weighted by atomic mass is 35.5. The van der Waals surface area contributed by atoms with Crippen molar-refractivity contribution in [3.8, 4) is 0 Å². The van der Waals surface area contributed by atoms with Crippen LogP contribution in [0.1, 0.15) is 52.9 Å². The van der Waals surface area contributed by atoms with E-state index in [1.165, 1.54) is 12.1 Å². The molecule has 7 nitrogen and oxygen atoms in total. The van der Waals surface area contributed by atoms with Crippen LogP contribution in [0.4, 0.5) is 4.39 Å². The van der Waals surface area contributed by atoms with Gasteiger partial charge in [-0.2, -0.15) is 9.37 Å². The summed E-state index contributed by atoms with van der Waals surface area (Å²) in [7, 11) is 0. The van der Waals surface area contributed by atoms with Gasteiger partial charge in [0.25, 0.3) is 5.91 Å². The molecule has 3 aliphatic rings. The Morgan fingerprint density at radius 1 is 1.25 bits per heavy atom. The lowest BCUT2D eigenvalue weighted by molar-refractivity contribution is 0.0570. The number of carbonyl (C=O) groups excluding carboxylic acids is 1.